The zero-order valence-electron chi connectivity index (χ0n) is 12.9. The predicted molar refractivity (Wildman–Crippen MR) is 95.7 cm³/mol. The molecule has 0 unspecified atom stereocenters. The summed E-state index contributed by atoms with van der Waals surface area (Å²) in [5.74, 6) is -0.316. The number of pyridine rings is 1. The Kier molecular flexibility index (Phi) is 6.21. The van der Waals surface area contributed by atoms with Crippen LogP contribution in [0.5, 0.6) is 0 Å². The number of para-hydroxylation sites is 1. The van der Waals surface area contributed by atoms with E-state index in [0.717, 1.165) is 18.8 Å². The molecule has 0 spiro atoms. The van der Waals surface area contributed by atoms with Gasteiger partial charge >= 0.3 is 0 Å². The number of rotatable bonds is 6. The number of hydrogen-bond donors (Lipinski definition) is 2. The summed E-state index contributed by atoms with van der Waals surface area (Å²) in [5, 5.41) is 6.72. The summed E-state index contributed by atoms with van der Waals surface area (Å²) in [7, 11) is 3.99. The third-order valence-electron chi connectivity index (χ3n) is 3.09. The van der Waals surface area contributed by atoms with Crippen LogP contribution < -0.4 is 10.6 Å². The van der Waals surface area contributed by atoms with Crippen molar-refractivity contribution >= 4 is 40.5 Å². The van der Waals surface area contributed by atoms with E-state index in [-0.39, 0.29) is 5.91 Å². The van der Waals surface area contributed by atoms with Gasteiger partial charge < -0.3 is 15.5 Å². The molecule has 0 bridgehead atoms. The van der Waals surface area contributed by atoms with Gasteiger partial charge in [-0.15, -0.1) is 0 Å². The first kappa shape index (κ1) is 17.5. The molecular formula is C16H18Cl2N4O. The maximum atomic E-state index is 12.3. The lowest BCUT2D eigenvalue weighted by Crippen LogP contribution is -2.21. The molecule has 2 N–H and O–H groups in total. The summed E-state index contributed by atoms with van der Waals surface area (Å²) in [6.07, 6.45) is 3.17. The third-order valence-corrected chi connectivity index (χ3v) is 3.72. The van der Waals surface area contributed by atoms with E-state index in [4.69, 9.17) is 23.2 Å². The van der Waals surface area contributed by atoms with Crippen LogP contribution in [0.3, 0.4) is 0 Å². The SMILES string of the molecule is CN(C)CCNc1cncc(C(=O)Nc2c(Cl)cccc2Cl)c1. The fourth-order valence-corrected chi connectivity index (χ4v) is 2.38. The topological polar surface area (TPSA) is 57.3 Å². The van der Waals surface area contributed by atoms with Crippen molar-refractivity contribution in [1.82, 2.24) is 9.88 Å². The lowest BCUT2D eigenvalue weighted by molar-refractivity contribution is 0.102. The van der Waals surface area contributed by atoms with Crippen molar-refractivity contribution < 1.29 is 4.79 Å². The second kappa shape index (κ2) is 8.15. The van der Waals surface area contributed by atoms with Crippen molar-refractivity contribution in [1.29, 1.82) is 0 Å². The molecule has 5 nitrogen and oxygen atoms in total. The highest BCUT2D eigenvalue weighted by Gasteiger charge is 2.12. The number of aromatic nitrogens is 1. The van der Waals surface area contributed by atoms with Crippen molar-refractivity contribution in [3.63, 3.8) is 0 Å². The molecule has 122 valence electrons. The minimum Gasteiger partial charge on any atom is -0.382 e. The Labute approximate surface area is 145 Å². The van der Waals surface area contributed by atoms with Gasteiger partial charge in [-0.1, -0.05) is 29.3 Å². The van der Waals surface area contributed by atoms with Crippen molar-refractivity contribution in [2.45, 2.75) is 0 Å². The molecule has 0 saturated heterocycles. The quantitative estimate of drug-likeness (QED) is 0.833. The Morgan fingerprint density at radius 3 is 2.57 bits per heavy atom. The van der Waals surface area contributed by atoms with E-state index < -0.39 is 0 Å². The number of nitrogens with zero attached hydrogens (tertiary/aromatic N) is 2. The van der Waals surface area contributed by atoms with Crippen molar-refractivity contribution in [3.8, 4) is 0 Å². The van der Waals surface area contributed by atoms with Crippen molar-refractivity contribution in [3.05, 3.63) is 52.3 Å². The van der Waals surface area contributed by atoms with Crippen LogP contribution in [-0.4, -0.2) is 43.0 Å². The van der Waals surface area contributed by atoms with E-state index in [0.29, 0.717) is 21.3 Å². The number of nitrogens with one attached hydrogen (secondary N) is 2. The highest BCUT2D eigenvalue weighted by molar-refractivity contribution is 6.40. The molecule has 1 aromatic carbocycles. The van der Waals surface area contributed by atoms with E-state index in [9.17, 15) is 4.79 Å². The second-order valence-corrected chi connectivity index (χ2v) is 6.06. The zero-order chi connectivity index (χ0) is 16.8. The zero-order valence-corrected chi connectivity index (χ0v) is 14.4. The van der Waals surface area contributed by atoms with Crippen molar-refractivity contribution in [2.24, 2.45) is 0 Å². The Bertz CT molecular complexity index is 671. The van der Waals surface area contributed by atoms with Crippen LogP contribution in [-0.2, 0) is 0 Å². The normalized spacial score (nSPS) is 10.7. The van der Waals surface area contributed by atoms with Crippen LogP contribution in [0.1, 0.15) is 10.4 Å². The molecule has 0 atom stereocenters. The third kappa shape index (κ3) is 5.10. The van der Waals surface area contributed by atoms with Gasteiger partial charge in [-0.05, 0) is 32.3 Å². The first-order chi connectivity index (χ1) is 11.0. The summed E-state index contributed by atoms with van der Waals surface area (Å²) in [6.45, 7) is 1.64. The Hall–Kier alpha value is -1.82. The van der Waals surface area contributed by atoms with Crippen LogP contribution in [0.2, 0.25) is 10.0 Å². The molecule has 1 aromatic heterocycles. The van der Waals surface area contributed by atoms with E-state index in [1.807, 2.05) is 14.1 Å². The van der Waals surface area contributed by atoms with Gasteiger partial charge in [-0.25, -0.2) is 0 Å². The molecule has 2 aromatic rings. The monoisotopic (exact) mass is 352 g/mol. The van der Waals surface area contributed by atoms with Gasteiger partial charge in [0.05, 0.1) is 27.0 Å². The van der Waals surface area contributed by atoms with Gasteiger partial charge in [0.1, 0.15) is 0 Å². The van der Waals surface area contributed by atoms with Gasteiger partial charge in [0.15, 0.2) is 0 Å². The molecule has 23 heavy (non-hydrogen) atoms. The molecule has 0 radical (unpaired) electrons. The average Bonchev–Trinajstić information content (AvgIpc) is 2.51. The molecule has 7 heteroatoms. The van der Waals surface area contributed by atoms with E-state index in [1.165, 1.54) is 6.20 Å². The molecular weight excluding hydrogens is 335 g/mol. The summed E-state index contributed by atoms with van der Waals surface area (Å²) < 4.78 is 0. The smallest absolute Gasteiger partial charge is 0.257 e. The summed E-state index contributed by atoms with van der Waals surface area (Å²) in [4.78, 5) is 18.5. The van der Waals surface area contributed by atoms with Crippen LogP contribution in [0.4, 0.5) is 11.4 Å². The minimum atomic E-state index is -0.316. The Morgan fingerprint density at radius 1 is 1.22 bits per heavy atom. The second-order valence-electron chi connectivity index (χ2n) is 5.24. The number of benzene rings is 1. The molecule has 0 aliphatic rings. The summed E-state index contributed by atoms with van der Waals surface area (Å²) >= 11 is 12.1. The van der Waals surface area contributed by atoms with Gasteiger partial charge in [-0.2, -0.15) is 0 Å². The number of amides is 1. The first-order valence-electron chi connectivity index (χ1n) is 7.06. The highest BCUT2D eigenvalue weighted by atomic mass is 35.5. The number of halogens is 2. The van der Waals surface area contributed by atoms with Crippen LogP contribution in [0.25, 0.3) is 0 Å². The molecule has 1 heterocycles. The Morgan fingerprint density at radius 2 is 1.91 bits per heavy atom. The molecule has 0 aliphatic heterocycles. The standard InChI is InChI=1S/C16H18Cl2N4O/c1-22(2)7-6-20-12-8-11(9-19-10-12)16(23)21-15-13(17)4-3-5-14(15)18/h3-5,8-10,20H,6-7H2,1-2H3,(H,21,23). The van der Waals surface area contributed by atoms with Gasteiger partial charge in [0, 0.05) is 25.5 Å². The van der Waals surface area contributed by atoms with E-state index >= 15 is 0 Å². The number of carbonyl (C=O) groups excluding carboxylic acids is 1. The average molecular weight is 353 g/mol. The Balaban J connectivity index is 2.08. The molecule has 2 rings (SSSR count). The lowest BCUT2D eigenvalue weighted by Gasteiger charge is -2.12. The van der Waals surface area contributed by atoms with Gasteiger partial charge in [-0.3, -0.25) is 9.78 Å². The first-order valence-corrected chi connectivity index (χ1v) is 7.82. The maximum Gasteiger partial charge on any atom is 0.257 e. The largest absolute Gasteiger partial charge is 0.382 e. The van der Waals surface area contributed by atoms with Gasteiger partial charge in [0.25, 0.3) is 5.91 Å². The molecule has 1 amide bonds. The number of anilines is 2. The maximum absolute atomic E-state index is 12.3. The van der Waals surface area contributed by atoms with Gasteiger partial charge in [0.2, 0.25) is 0 Å². The number of likely N-dealkylation sites (N-methyl/N-ethyl adjacent to an activating group) is 1. The van der Waals surface area contributed by atoms with Crippen LogP contribution >= 0.6 is 23.2 Å². The molecule has 0 aliphatic carbocycles. The minimum absolute atomic E-state index is 0.316. The fraction of sp³-hybridized carbons (Fsp3) is 0.250. The predicted octanol–water partition coefficient (Wildman–Crippen LogP) is 3.61. The van der Waals surface area contributed by atoms with E-state index in [1.54, 1.807) is 30.5 Å². The molecule has 0 fully saturated rings. The van der Waals surface area contributed by atoms with Crippen molar-refractivity contribution in [2.75, 3.05) is 37.8 Å². The lowest BCUT2D eigenvalue weighted by atomic mass is 10.2. The van der Waals surface area contributed by atoms with Crippen LogP contribution in [0, 0.1) is 0 Å². The summed E-state index contributed by atoms with van der Waals surface area (Å²) in [5.41, 5.74) is 1.60. The number of hydrogen-bond acceptors (Lipinski definition) is 4. The highest BCUT2D eigenvalue weighted by Crippen LogP contribution is 2.30. The van der Waals surface area contributed by atoms with Crippen LogP contribution in [0.15, 0.2) is 36.7 Å². The molecule has 0 saturated carbocycles. The fourth-order valence-electron chi connectivity index (χ4n) is 1.89. The van der Waals surface area contributed by atoms with E-state index in [2.05, 4.69) is 20.5 Å². The number of carbonyl (C=O) groups is 1. The summed E-state index contributed by atoms with van der Waals surface area (Å²) in [6, 6.07) is 6.79.